The molecule has 0 radical (unpaired) electrons. The summed E-state index contributed by atoms with van der Waals surface area (Å²) in [5, 5.41) is 5.84. The van der Waals surface area contributed by atoms with Crippen LogP contribution >= 0.6 is 11.3 Å². The van der Waals surface area contributed by atoms with E-state index in [1.807, 2.05) is 30.3 Å². The molecule has 1 heterocycles. The molecule has 0 fully saturated rings. The minimum Gasteiger partial charge on any atom is -0.494 e. The van der Waals surface area contributed by atoms with Gasteiger partial charge in [-0.15, -0.1) is 0 Å². The van der Waals surface area contributed by atoms with Crippen LogP contribution in [0.25, 0.3) is 21.0 Å². The van der Waals surface area contributed by atoms with Gasteiger partial charge in [-0.25, -0.2) is 4.98 Å². The van der Waals surface area contributed by atoms with Gasteiger partial charge in [0.15, 0.2) is 5.13 Å². The summed E-state index contributed by atoms with van der Waals surface area (Å²) in [5.74, 6) is 0.616. The highest BCUT2D eigenvalue weighted by atomic mass is 32.1. The van der Waals surface area contributed by atoms with E-state index in [-0.39, 0.29) is 5.91 Å². The largest absolute Gasteiger partial charge is 0.494 e. The number of thiazole rings is 1. The maximum Gasteiger partial charge on any atom is 0.257 e. The summed E-state index contributed by atoms with van der Waals surface area (Å²) in [4.78, 5) is 17.1. The summed E-state index contributed by atoms with van der Waals surface area (Å²) < 4.78 is 6.72. The lowest BCUT2D eigenvalue weighted by Gasteiger charge is -2.06. The Labute approximate surface area is 161 Å². The van der Waals surface area contributed by atoms with Crippen LogP contribution in [0.5, 0.6) is 5.75 Å². The van der Waals surface area contributed by atoms with Crippen LogP contribution in [0.3, 0.4) is 0 Å². The predicted octanol–water partition coefficient (Wildman–Crippen LogP) is 5.88. The molecule has 1 amide bonds. The minimum atomic E-state index is -0.168. The molecule has 4 rings (SSSR count). The van der Waals surface area contributed by atoms with Crippen molar-refractivity contribution in [3.8, 4) is 5.75 Å². The first-order valence-electron chi connectivity index (χ1n) is 9.07. The van der Waals surface area contributed by atoms with Gasteiger partial charge in [-0.3, -0.25) is 10.1 Å². The van der Waals surface area contributed by atoms with Gasteiger partial charge in [-0.05, 0) is 42.1 Å². The van der Waals surface area contributed by atoms with Crippen molar-refractivity contribution in [2.75, 3.05) is 11.9 Å². The molecule has 4 nitrogen and oxygen atoms in total. The van der Waals surface area contributed by atoms with Crippen LogP contribution in [0.1, 0.15) is 30.1 Å². The number of fused-ring (bicyclic) bond motifs is 3. The number of amides is 1. The molecular weight excluding hydrogens is 356 g/mol. The molecule has 0 aliphatic carbocycles. The standard InChI is InChI=1S/C22H20N2O2S/c1-2-3-14-26-17-11-8-16(9-12-17)21(25)24-22-23-19-13-10-15-6-4-5-7-18(15)20(19)27-22/h4-13H,2-3,14H2,1H3,(H,23,24,25). The molecule has 3 aromatic carbocycles. The molecule has 27 heavy (non-hydrogen) atoms. The number of nitrogens with one attached hydrogen (secondary N) is 1. The van der Waals surface area contributed by atoms with Gasteiger partial charge in [0.25, 0.3) is 5.91 Å². The maximum atomic E-state index is 12.5. The number of carbonyl (C=O) groups is 1. The Kier molecular flexibility index (Phi) is 5.03. The Bertz CT molecular complexity index is 1090. The molecule has 1 aromatic heterocycles. The average molecular weight is 376 g/mol. The summed E-state index contributed by atoms with van der Waals surface area (Å²) in [5.41, 5.74) is 1.48. The zero-order valence-electron chi connectivity index (χ0n) is 15.1. The second-order valence-electron chi connectivity index (χ2n) is 6.33. The Balaban J connectivity index is 1.51. The number of ether oxygens (including phenoxy) is 1. The highest BCUT2D eigenvalue weighted by molar-refractivity contribution is 7.23. The second kappa shape index (κ2) is 7.76. The van der Waals surface area contributed by atoms with Crippen LogP contribution in [0.15, 0.2) is 60.7 Å². The van der Waals surface area contributed by atoms with Gasteiger partial charge in [0, 0.05) is 10.9 Å². The molecule has 0 saturated carbocycles. The van der Waals surface area contributed by atoms with Crippen molar-refractivity contribution in [1.82, 2.24) is 4.98 Å². The summed E-state index contributed by atoms with van der Waals surface area (Å²) in [6, 6.07) is 19.5. The first-order valence-corrected chi connectivity index (χ1v) is 9.89. The monoisotopic (exact) mass is 376 g/mol. The number of hydrogen-bond donors (Lipinski definition) is 1. The van der Waals surface area contributed by atoms with Crippen molar-refractivity contribution >= 4 is 43.4 Å². The maximum absolute atomic E-state index is 12.5. The van der Waals surface area contributed by atoms with Crippen LogP contribution in [0.4, 0.5) is 5.13 Å². The van der Waals surface area contributed by atoms with Crippen molar-refractivity contribution in [3.05, 3.63) is 66.2 Å². The number of aromatic nitrogens is 1. The smallest absolute Gasteiger partial charge is 0.257 e. The Morgan fingerprint density at radius 3 is 2.70 bits per heavy atom. The van der Waals surface area contributed by atoms with E-state index < -0.39 is 0 Å². The Morgan fingerprint density at radius 2 is 1.89 bits per heavy atom. The number of nitrogens with zero attached hydrogens (tertiary/aromatic N) is 1. The average Bonchev–Trinajstić information content (AvgIpc) is 3.11. The number of rotatable bonds is 6. The lowest BCUT2D eigenvalue weighted by Crippen LogP contribution is -2.11. The van der Waals surface area contributed by atoms with Gasteiger partial charge in [-0.1, -0.05) is 55.0 Å². The normalized spacial score (nSPS) is 11.0. The van der Waals surface area contributed by atoms with Crippen molar-refractivity contribution in [1.29, 1.82) is 0 Å². The fraction of sp³-hybridized carbons (Fsp3) is 0.182. The fourth-order valence-corrected chi connectivity index (χ4v) is 3.91. The molecule has 0 aliphatic heterocycles. The number of anilines is 1. The van der Waals surface area contributed by atoms with Crippen molar-refractivity contribution in [3.63, 3.8) is 0 Å². The van der Waals surface area contributed by atoms with Crippen LogP contribution in [0.2, 0.25) is 0 Å². The van der Waals surface area contributed by atoms with E-state index in [1.165, 1.54) is 16.7 Å². The number of benzene rings is 3. The highest BCUT2D eigenvalue weighted by Gasteiger charge is 2.11. The molecular formula is C22H20N2O2S. The van der Waals surface area contributed by atoms with Gasteiger partial charge < -0.3 is 4.74 Å². The molecule has 0 saturated heterocycles. The van der Waals surface area contributed by atoms with E-state index in [1.54, 1.807) is 12.1 Å². The molecule has 0 aliphatic rings. The van der Waals surface area contributed by atoms with E-state index >= 15 is 0 Å². The van der Waals surface area contributed by atoms with Gasteiger partial charge >= 0.3 is 0 Å². The number of hydrogen-bond acceptors (Lipinski definition) is 4. The lowest BCUT2D eigenvalue weighted by molar-refractivity contribution is 0.102. The SMILES string of the molecule is CCCCOc1ccc(C(=O)Nc2nc3ccc4ccccc4c3s2)cc1. The van der Waals surface area contributed by atoms with Crippen LogP contribution in [0, 0.1) is 0 Å². The van der Waals surface area contributed by atoms with E-state index in [2.05, 4.69) is 35.4 Å². The summed E-state index contributed by atoms with van der Waals surface area (Å²) in [6.45, 7) is 2.82. The number of carbonyl (C=O) groups excluding carboxylic acids is 1. The summed E-state index contributed by atoms with van der Waals surface area (Å²) >= 11 is 1.50. The Hall–Kier alpha value is -2.92. The predicted molar refractivity (Wildman–Crippen MR) is 112 cm³/mol. The fourth-order valence-electron chi connectivity index (χ4n) is 2.92. The van der Waals surface area contributed by atoms with Crippen LogP contribution < -0.4 is 10.1 Å². The minimum absolute atomic E-state index is 0.168. The molecule has 0 unspecified atom stereocenters. The van der Waals surface area contributed by atoms with E-state index in [0.29, 0.717) is 17.3 Å². The molecule has 0 spiro atoms. The molecule has 0 bridgehead atoms. The first kappa shape index (κ1) is 17.5. The van der Waals surface area contributed by atoms with Gasteiger partial charge in [0.2, 0.25) is 0 Å². The zero-order chi connectivity index (χ0) is 18.6. The van der Waals surface area contributed by atoms with E-state index in [9.17, 15) is 4.79 Å². The van der Waals surface area contributed by atoms with Crippen molar-refractivity contribution < 1.29 is 9.53 Å². The summed E-state index contributed by atoms with van der Waals surface area (Å²) in [6.07, 6.45) is 2.12. The molecule has 5 heteroatoms. The summed E-state index contributed by atoms with van der Waals surface area (Å²) in [7, 11) is 0. The highest BCUT2D eigenvalue weighted by Crippen LogP contribution is 2.32. The van der Waals surface area contributed by atoms with Crippen molar-refractivity contribution in [2.45, 2.75) is 19.8 Å². The van der Waals surface area contributed by atoms with E-state index in [4.69, 9.17) is 4.74 Å². The Morgan fingerprint density at radius 1 is 1.07 bits per heavy atom. The second-order valence-corrected chi connectivity index (χ2v) is 7.33. The molecule has 136 valence electrons. The quantitative estimate of drug-likeness (QED) is 0.428. The third-order valence-corrected chi connectivity index (χ3v) is 5.40. The van der Waals surface area contributed by atoms with Crippen molar-refractivity contribution in [2.24, 2.45) is 0 Å². The van der Waals surface area contributed by atoms with Gasteiger partial charge in [-0.2, -0.15) is 0 Å². The third kappa shape index (κ3) is 3.78. The van der Waals surface area contributed by atoms with Gasteiger partial charge in [0.1, 0.15) is 5.75 Å². The molecule has 0 atom stereocenters. The van der Waals surface area contributed by atoms with Gasteiger partial charge in [0.05, 0.1) is 16.8 Å². The topological polar surface area (TPSA) is 51.2 Å². The van der Waals surface area contributed by atoms with Crippen LogP contribution in [-0.2, 0) is 0 Å². The number of unbranched alkanes of at least 4 members (excludes halogenated alkanes) is 1. The third-order valence-electron chi connectivity index (χ3n) is 4.38. The first-order chi connectivity index (χ1) is 13.2. The zero-order valence-corrected chi connectivity index (χ0v) is 15.9. The van der Waals surface area contributed by atoms with Crippen LogP contribution in [-0.4, -0.2) is 17.5 Å². The lowest BCUT2D eigenvalue weighted by atomic mass is 10.1. The molecule has 4 aromatic rings. The molecule has 1 N–H and O–H groups in total. The van der Waals surface area contributed by atoms with E-state index in [0.717, 1.165) is 34.2 Å².